The van der Waals surface area contributed by atoms with Gasteiger partial charge in [0.15, 0.2) is 0 Å². The molecule has 0 aromatic carbocycles. The molecule has 88 valence electrons. The van der Waals surface area contributed by atoms with Crippen LogP contribution in [0.25, 0.3) is 0 Å². The Hall–Kier alpha value is -1.13. The van der Waals surface area contributed by atoms with E-state index in [1.807, 2.05) is 12.3 Å². The zero-order chi connectivity index (χ0) is 11.5. The highest BCUT2D eigenvalue weighted by atomic mass is 16.5. The fourth-order valence-electron chi connectivity index (χ4n) is 2.21. The third kappa shape index (κ3) is 2.33. The van der Waals surface area contributed by atoms with E-state index < -0.39 is 0 Å². The van der Waals surface area contributed by atoms with Crippen molar-refractivity contribution in [2.45, 2.75) is 32.7 Å². The van der Waals surface area contributed by atoms with E-state index in [2.05, 4.69) is 23.7 Å². The van der Waals surface area contributed by atoms with Gasteiger partial charge in [0.2, 0.25) is 0 Å². The first-order valence-electron chi connectivity index (χ1n) is 5.65. The molecule has 0 spiro atoms. The largest absolute Gasteiger partial charge is 0.392 e. The Morgan fingerprint density at radius 2 is 2.12 bits per heavy atom. The van der Waals surface area contributed by atoms with Crippen molar-refractivity contribution in [1.29, 1.82) is 0 Å². The first-order valence-corrected chi connectivity index (χ1v) is 5.65. The monoisotopic (exact) mass is 222 g/mol. The third-order valence-electron chi connectivity index (χ3n) is 2.82. The lowest BCUT2D eigenvalue weighted by Crippen LogP contribution is -2.45. The first kappa shape index (κ1) is 11.4. The number of pyridine rings is 1. The second kappa shape index (κ2) is 4.80. The molecule has 2 heterocycles. The molecule has 16 heavy (non-hydrogen) atoms. The number of nitrogens with zero attached hydrogens (tertiary/aromatic N) is 2. The lowest BCUT2D eigenvalue weighted by molar-refractivity contribution is -0.00533. The number of anilines is 1. The highest BCUT2D eigenvalue weighted by molar-refractivity contribution is 5.51. The van der Waals surface area contributed by atoms with Gasteiger partial charge in [-0.05, 0) is 19.9 Å². The summed E-state index contributed by atoms with van der Waals surface area (Å²) in [6, 6.07) is 1.86. The third-order valence-corrected chi connectivity index (χ3v) is 2.82. The van der Waals surface area contributed by atoms with E-state index in [0.717, 1.165) is 24.3 Å². The number of hydrogen-bond acceptors (Lipinski definition) is 4. The molecule has 0 bridgehead atoms. The summed E-state index contributed by atoms with van der Waals surface area (Å²) in [6.45, 7) is 5.89. The van der Waals surface area contributed by atoms with Gasteiger partial charge in [-0.25, -0.2) is 0 Å². The fraction of sp³-hybridized carbons (Fsp3) is 0.583. The van der Waals surface area contributed by atoms with Crippen molar-refractivity contribution in [2.75, 3.05) is 18.0 Å². The quantitative estimate of drug-likeness (QED) is 0.816. The second-order valence-corrected chi connectivity index (χ2v) is 4.32. The van der Waals surface area contributed by atoms with E-state index in [-0.39, 0.29) is 18.8 Å². The zero-order valence-corrected chi connectivity index (χ0v) is 9.76. The molecular formula is C12H18N2O2. The van der Waals surface area contributed by atoms with Crippen LogP contribution in [-0.4, -0.2) is 35.4 Å². The van der Waals surface area contributed by atoms with Crippen LogP contribution in [0, 0.1) is 0 Å². The summed E-state index contributed by atoms with van der Waals surface area (Å²) < 4.78 is 5.69. The number of aliphatic hydroxyl groups excluding tert-OH is 1. The van der Waals surface area contributed by atoms with Crippen LogP contribution in [0.15, 0.2) is 18.5 Å². The summed E-state index contributed by atoms with van der Waals surface area (Å²) in [4.78, 5) is 6.36. The van der Waals surface area contributed by atoms with E-state index in [4.69, 9.17) is 4.74 Å². The Kier molecular flexibility index (Phi) is 3.41. The van der Waals surface area contributed by atoms with Crippen molar-refractivity contribution in [2.24, 2.45) is 0 Å². The normalized spacial score (nSPS) is 25.8. The molecule has 2 atom stereocenters. The minimum absolute atomic E-state index is 0.0535. The van der Waals surface area contributed by atoms with Crippen molar-refractivity contribution >= 4 is 5.69 Å². The molecule has 0 amide bonds. The lowest BCUT2D eigenvalue weighted by atomic mass is 10.1. The second-order valence-electron chi connectivity index (χ2n) is 4.32. The molecule has 0 saturated carbocycles. The molecule has 0 unspecified atom stereocenters. The van der Waals surface area contributed by atoms with Crippen LogP contribution < -0.4 is 4.90 Å². The fourth-order valence-corrected chi connectivity index (χ4v) is 2.21. The molecule has 4 nitrogen and oxygen atoms in total. The van der Waals surface area contributed by atoms with Gasteiger partial charge in [0.05, 0.1) is 30.7 Å². The topological polar surface area (TPSA) is 45.6 Å². The van der Waals surface area contributed by atoms with Gasteiger partial charge in [0, 0.05) is 24.8 Å². The minimum Gasteiger partial charge on any atom is -0.392 e. The number of morpholine rings is 1. The molecule has 1 N–H and O–H groups in total. The Morgan fingerprint density at radius 3 is 2.75 bits per heavy atom. The first-order chi connectivity index (χ1) is 7.70. The van der Waals surface area contributed by atoms with Crippen LogP contribution in [-0.2, 0) is 11.3 Å². The van der Waals surface area contributed by atoms with E-state index >= 15 is 0 Å². The van der Waals surface area contributed by atoms with Gasteiger partial charge in [0.1, 0.15) is 0 Å². The standard InChI is InChI=1S/C12H18N2O2/c1-9-6-14(7-10(2)16-9)12-5-13-4-3-11(12)8-15/h3-5,9-10,15H,6-8H2,1-2H3/t9-,10+. The van der Waals surface area contributed by atoms with Crippen molar-refractivity contribution in [3.8, 4) is 0 Å². The molecule has 0 aliphatic carbocycles. The predicted molar refractivity (Wildman–Crippen MR) is 62.4 cm³/mol. The van der Waals surface area contributed by atoms with Crippen LogP contribution in [0.3, 0.4) is 0 Å². The average Bonchev–Trinajstić information content (AvgIpc) is 2.27. The van der Waals surface area contributed by atoms with Crippen molar-refractivity contribution in [3.05, 3.63) is 24.0 Å². The summed E-state index contributed by atoms with van der Waals surface area (Å²) >= 11 is 0. The number of hydrogen-bond donors (Lipinski definition) is 1. The Bertz CT molecular complexity index is 347. The zero-order valence-electron chi connectivity index (χ0n) is 9.76. The van der Waals surface area contributed by atoms with Crippen LogP contribution in [0.2, 0.25) is 0 Å². The highest BCUT2D eigenvalue weighted by Gasteiger charge is 2.23. The van der Waals surface area contributed by atoms with Gasteiger partial charge in [-0.1, -0.05) is 0 Å². The smallest absolute Gasteiger partial charge is 0.0726 e. The van der Waals surface area contributed by atoms with Crippen LogP contribution in [0.5, 0.6) is 0 Å². The Labute approximate surface area is 95.9 Å². The average molecular weight is 222 g/mol. The van der Waals surface area contributed by atoms with Crippen LogP contribution in [0.1, 0.15) is 19.4 Å². The molecule has 1 saturated heterocycles. The van der Waals surface area contributed by atoms with Gasteiger partial charge in [-0.15, -0.1) is 0 Å². The Balaban J connectivity index is 2.22. The molecule has 1 aliphatic heterocycles. The summed E-state index contributed by atoms with van der Waals surface area (Å²) in [5, 5.41) is 9.30. The molecule has 1 aromatic rings. The summed E-state index contributed by atoms with van der Waals surface area (Å²) in [5.41, 5.74) is 1.95. The number of aromatic nitrogens is 1. The van der Waals surface area contributed by atoms with Crippen LogP contribution >= 0.6 is 0 Å². The number of aliphatic hydroxyl groups is 1. The number of ether oxygens (including phenoxy) is 1. The maximum Gasteiger partial charge on any atom is 0.0726 e. The Morgan fingerprint density at radius 1 is 1.44 bits per heavy atom. The maximum absolute atomic E-state index is 9.30. The minimum atomic E-state index is 0.0535. The molecule has 1 fully saturated rings. The maximum atomic E-state index is 9.30. The van der Waals surface area contributed by atoms with E-state index in [0.29, 0.717) is 0 Å². The summed E-state index contributed by atoms with van der Waals surface area (Å²) in [6.07, 6.45) is 3.96. The van der Waals surface area contributed by atoms with Gasteiger partial charge >= 0.3 is 0 Å². The SMILES string of the molecule is C[C@@H]1CN(c2cnccc2CO)C[C@H](C)O1. The predicted octanol–water partition coefficient (Wildman–Crippen LogP) is 1.19. The van der Waals surface area contributed by atoms with Gasteiger partial charge in [-0.3, -0.25) is 4.98 Å². The summed E-state index contributed by atoms with van der Waals surface area (Å²) in [5.74, 6) is 0. The van der Waals surface area contributed by atoms with E-state index in [1.165, 1.54) is 0 Å². The van der Waals surface area contributed by atoms with Crippen molar-refractivity contribution in [1.82, 2.24) is 4.98 Å². The molecule has 0 radical (unpaired) electrons. The van der Waals surface area contributed by atoms with Crippen LogP contribution in [0.4, 0.5) is 5.69 Å². The number of rotatable bonds is 2. The van der Waals surface area contributed by atoms with Gasteiger partial charge in [-0.2, -0.15) is 0 Å². The molecular weight excluding hydrogens is 204 g/mol. The lowest BCUT2D eigenvalue weighted by Gasteiger charge is -2.37. The van der Waals surface area contributed by atoms with E-state index in [1.54, 1.807) is 6.20 Å². The highest BCUT2D eigenvalue weighted by Crippen LogP contribution is 2.23. The van der Waals surface area contributed by atoms with Crippen molar-refractivity contribution in [3.63, 3.8) is 0 Å². The summed E-state index contributed by atoms with van der Waals surface area (Å²) in [7, 11) is 0. The van der Waals surface area contributed by atoms with Gasteiger partial charge < -0.3 is 14.7 Å². The molecule has 2 rings (SSSR count). The van der Waals surface area contributed by atoms with Crippen molar-refractivity contribution < 1.29 is 9.84 Å². The molecule has 1 aliphatic rings. The molecule has 1 aromatic heterocycles. The molecule has 4 heteroatoms. The van der Waals surface area contributed by atoms with E-state index in [9.17, 15) is 5.11 Å². The van der Waals surface area contributed by atoms with Gasteiger partial charge in [0.25, 0.3) is 0 Å².